The fourth-order valence-corrected chi connectivity index (χ4v) is 5.27. The molecule has 130 valence electrons. The molecule has 0 atom stereocenters. The Hall–Kier alpha value is -2.19. The minimum Gasteiger partial charge on any atom is -0.338 e. The van der Waals surface area contributed by atoms with Crippen LogP contribution in [0.25, 0.3) is 0 Å². The van der Waals surface area contributed by atoms with Gasteiger partial charge in [0, 0.05) is 30.0 Å². The largest absolute Gasteiger partial charge is 0.338 e. The topological polar surface area (TPSA) is 78.8 Å². The Balaban J connectivity index is 1.41. The maximum absolute atomic E-state index is 12.4. The molecule has 1 aromatic carbocycles. The summed E-state index contributed by atoms with van der Waals surface area (Å²) in [4.78, 5) is 20.2. The molecule has 4 rings (SSSR count). The first kappa shape index (κ1) is 16.3. The summed E-state index contributed by atoms with van der Waals surface area (Å²) in [6.07, 6.45) is 1.17. The van der Waals surface area contributed by atoms with E-state index >= 15 is 0 Å². The summed E-state index contributed by atoms with van der Waals surface area (Å²) in [6.45, 7) is 1.65. The Morgan fingerprint density at radius 3 is 3.00 bits per heavy atom. The lowest BCUT2D eigenvalue weighted by Crippen LogP contribution is -2.35. The minimum absolute atomic E-state index is 0.0512. The molecule has 0 spiro atoms. The first-order valence-electron chi connectivity index (χ1n) is 8.04. The van der Waals surface area contributed by atoms with Gasteiger partial charge < -0.3 is 4.90 Å². The summed E-state index contributed by atoms with van der Waals surface area (Å²) in [7, 11) is -3.53. The molecule has 25 heavy (non-hydrogen) atoms. The number of benzene rings is 1. The standard InChI is InChI=1S/C17H17N3O3S2/c21-16(20-9-6-14-12(11-20)7-10-24-14)5-8-18-17-13-3-1-2-4-15(13)25(22,23)19-17/h1-4,7,10H,5-6,8-9,11H2,(H,18,19). The fourth-order valence-electron chi connectivity index (χ4n) is 3.13. The number of carbonyl (C=O) groups is 1. The van der Waals surface area contributed by atoms with E-state index in [1.807, 2.05) is 4.90 Å². The van der Waals surface area contributed by atoms with Crippen molar-refractivity contribution in [2.45, 2.75) is 24.3 Å². The number of amidine groups is 1. The number of sulfonamides is 1. The Kier molecular flexibility index (Phi) is 4.09. The molecule has 2 aliphatic rings. The van der Waals surface area contributed by atoms with Crippen molar-refractivity contribution in [2.24, 2.45) is 4.99 Å². The lowest BCUT2D eigenvalue weighted by Gasteiger charge is -2.26. The number of aliphatic imine (C=N–C) groups is 1. The van der Waals surface area contributed by atoms with E-state index in [0.717, 1.165) is 13.0 Å². The van der Waals surface area contributed by atoms with Crippen LogP contribution in [0.5, 0.6) is 0 Å². The van der Waals surface area contributed by atoms with Crippen molar-refractivity contribution in [3.8, 4) is 0 Å². The van der Waals surface area contributed by atoms with E-state index in [9.17, 15) is 13.2 Å². The second-order valence-corrected chi connectivity index (χ2v) is 8.67. The summed E-state index contributed by atoms with van der Waals surface area (Å²) < 4.78 is 26.5. The van der Waals surface area contributed by atoms with E-state index < -0.39 is 10.0 Å². The third kappa shape index (κ3) is 3.07. The second kappa shape index (κ2) is 6.27. The van der Waals surface area contributed by atoms with Crippen molar-refractivity contribution in [2.75, 3.05) is 13.1 Å². The average molecular weight is 375 g/mol. The summed E-state index contributed by atoms with van der Waals surface area (Å²) >= 11 is 1.74. The predicted molar refractivity (Wildman–Crippen MR) is 96.2 cm³/mol. The van der Waals surface area contributed by atoms with Crippen molar-refractivity contribution >= 4 is 33.1 Å². The van der Waals surface area contributed by atoms with Crippen LogP contribution in [0, 0.1) is 0 Å². The molecule has 2 aliphatic heterocycles. The molecule has 2 aromatic rings. The summed E-state index contributed by atoms with van der Waals surface area (Å²) in [5, 5.41) is 2.06. The lowest BCUT2D eigenvalue weighted by atomic mass is 10.1. The third-order valence-corrected chi connectivity index (χ3v) is 6.84. The van der Waals surface area contributed by atoms with Crippen LogP contribution in [0.3, 0.4) is 0 Å². The molecule has 0 saturated carbocycles. The number of hydrogen-bond donors (Lipinski definition) is 1. The van der Waals surface area contributed by atoms with E-state index in [4.69, 9.17) is 0 Å². The molecule has 0 fully saturated rings. The quantitative estimate of drug-likeness (QED) is 0.888. The van der Waals surface area contributed by atoms with E-state index in [2.05, 4.69) is 21.2 Å². The average Bonchev–Trinajstić information content (AvgIpc) is 3.17. The van der Waals surface area contributed by atoms with Gasteiger partial charge in [0.1, 0.15) is 5.84 Å². The number of rotatable bonds is 3. The molecule has 0 radical (unpaired) electrons. The van der Waals surface area contributed by atoms with Gasteiger partial charge in [-0.3, -0.25) is 14.5 Å². The van der Waals surface area contributed by atoms with E-state index in [1.165, 1.54) is 10.4 Å². The van der Waals surface area contributed by atoms with E-state index in [-0.39, 0.29) is 23.8 Å². The normalized spacial score (nSPS) is 19.4. The van der Waals surface area contributed by atoms with Gasteiger partial charge in [-0.15, -0.1) is 11.3 Å². The maximum Gasteiger partial charge on any atom is 0.263 e. The molecule has 0 unspecified atom stereocenters. The van der Waals surface area contributed by atoms with Crippen molar-refractivity contribution < 1.29 is 13.2 Å². The van der Waals surface area contributed by atoms with Gasteiger partial charge in [0.05, 0.1) is 11.4 Å². The molecule has 0 bridgehead atoms. The highest BCUT2D eigenvalue weighted by atomic mass is 32.2. The summed E-state index contributed by atoms with van der Waals surface area (Å²) in [5.74, 6) is 0.373. The van der Waals surface area contributed by atoms with Gasteiger partial charge in [0.2, 0.25) is 5.91 Å². The van der Waals surface area contributed by atoms with E-state index in [1.54, 1.807) is 35.6 Å². The van der Waals surface area contributed by atoms with Gasteiger partial charge in [0.15, 0.2) is 0 Å². The molecule has 1 aromatic heterocycles. The minimum atomic E-state index is -3.53. The molecule has 1 N–H and O–H groups in total. The Bertz CT molecular complexity index is 963. The van der Waals surface area contributed by atoms with Crippen molar-refractivity contribution in [3.05, 3.63) is 51.7 Å². The number of hydrogen-bond acceptors (Lipinski definition) is 5. The molecule has 6 nitrogen and oxygen atoms in total. The van der Waals surface area contributed by atoms with Gasteiger partial charge in [-0.2, -0.15) is 0 Å². The smallest absolute Gasteiger partial charge is 0.263 e. The molecule has 3 heterocycles. The van der Waals surface area contributed by atoms with Crippen LogP contribution in [0.4, 0.5) is 0 Å². The van der Waals surface area contributed by atoms with Crippen molar-refractivity contribution in [3.63, 3.8) is 0 Å². The first-order chi connectivity index (χ1) is 12.0. The SMILES string of the molecule is O=C(CCN=C1NS(=O)(=O)c2ccccc21)N1CCc2sccc2C1. The molecular formula is C17H17N3O3S2. The van der Waals surface area contributed by atoms with Crippen LogP contribution < -0.4 is 4.72 Å². The second-order valence-electron chi connectivity index (χ2n) is 6.02. The van der Waals surface area contributed by atoms with Crippen LogP contribution in [0.15, 0.2) is 45.6 Å². The Morgan fingerprint density at radius 1 is 1.28 bits per heavy atom. The predicted octanol–water partition coefficient (Wildman–Crippen LogP) is 1.76. The molecule has 0 aliphatic carbocycles. The number of thiophene rings is 1. The first-order valence-corrected chi connectivity index (χ1v) is 10.4. The third-order valence-electron chi connectivity index (χ3n) is 4.42. The van der Waals surface area contributed by atoms with Gasteiger partial charge in [-0.05, 0) is 35.6 Å². The Labute approximate surface area is 150 Å². The Morgan fingerprint density at radius 2 is 2.12 bits per heavy atom. The number of amides is 1. The lowest BCUT2D eigenvalue weighted by molar-refractivity contribution is -0.131. The zero-order valence-electron chi connectivity index (χ0n) is 13.4. The zero-order chi connectivity index (χ0) is 17.4. The van der Waals surface area contributed by atoms with Gasteiger partial charge in [-0.25, -0.2) is 8.42 Å². The molecular weight excluding hydrogens is 358 g/mol. The highest BCUT2D eigenvalue weighted by Crippen LogP contribution is 2.25. The van der Waals surface area contributed by atoms with Gasteiger partial charge in [-0.1, -0.05) is 12.1 Å². The monoisotopic (exact) mass is 375 g/mol. The maximum atomic E-state index is 12.4. The highest BCUT2D eigenvalue weighted by Gasteiger charge is 2.30. The van der Waals surface area contributed by atoms with E-state index in [0.29, 0.717) is 17.9 Å². The zero-order valence-corrected chi connectivity index (χ0v) is 15.1. The number of fused-ring (bicyclic) bond motifs is 2. The van der Waals surface area contributed by atoms with Gasteiger partial charge >= 0.3 is 0 Å². The van der Waals surface area contributed by atoms with Crippen molar-refractivity contribution in [1.29, 1.82) is 0 Å². The van der Waals surface area contributed by atoms with Crippen LogP contribution in [-0.2, 0) is 27.8 Å². The fraction of sp³-hybridized carbons (Fsp3) is 0.294. The molecule has 0 saturated heterocycles. The van der Waals surface area contributed by atoms with Gasteiger partial charge in [0.25, 0.3) is 10.0 Å². The number of carbonyl (C=O) groups excluding carboxylic acids is 1. The van der Waals surface area contributed by atoms with Crippen LogP contribution in [0.2, 0.25) is 0 Å². The summed E-state index contributed by atoms with van der Waals surface area (Å²) in [5.41, 5.74) is 1.80. The van der Waals surface area contributed by atoms with Crippen LogP contribution >= 0.6 is 11.3 Å². The van der Waals surface area contributed by atoms with Crippen LogP contribution in [-0.4, -0.2) is 38.2 Å². The molecule has 8 heteroatoms. The number of nitrogens with zero attached hydrogens (tertiary/aromatic N) is 2. The number of nitrogens with one attached hydrogen (secondary N) is 1. The van der Waals surface area contributed by atoms with Crippen LogP contribution in [0.1, 0.15) is 22.4 Å². The molecule has 1 amide bonds. The van der Waals surface area contributed by atoms with Crippen molar-refractivity contribution in [1.82, 2.24) is 9.62 Å². The summed E-state index contributed by atoms with van der Waals surface area (Å²) in [6, 6.07) is 8.80. The highest BCUT2D eigenvalue weighted by molar-refractivity contribution is 7.90.